The van der Waals surface area contributed by atoms with Gasteiger partial charge in [-0.2, -0.15) is 0 Å². The smallest absolute Gasteiger partial charge is 0.542 e. The Morgan fingerprint density at radius 3 is 1.23 bits per heavy atom. The first-order chi connectivity index (χ1) is 20.3. The predicted molar refractivity (Wildman–Crippen MR) is 139 cm³/mol. The van der Waals surface area contributed by atoms with Crippen LogP contribution in [0.5, 0.6) is 0 Å². The van der Waals surface area contributed by atoms with E-state index in [-0.39, 0.29) is 73.0 Å². The predicted octanol–water partition coefficient (Wildman–Crippen LogP) is -9.72. The molecule has 0 bridgehead atoms. The molecule has 6 rings (SSSR count). The van der Waals surface area contributed by atoms with Crippen molar-refractivity contribution < 1.29 is 76.6 Å². The number of hydrogen-bond acceptors (Lipinski definition) is 14. The number of carbonyl (C=O) groups is 4. The maximum atomic E-state index is 12.1. The zero-order valence-corrected chi connectivity index (χ0v) is 24.8. The van der Waals surface area contributed by atoms with Gasteiger partial charge in [0, 0.05) is 64.8 Å². The zero-order chi connectivity index (χ0) is 29.6. The molecule has 2 aromatic rings. The first-order valence-electron chi connectivity index (χ1n) is 13.6. The summed E-state index contributed by atoms with van der Waals surface area (Å²) >= 11 is 0. The monoisotopic (exact) mass is 596 g/mol. The van der Waals surface area contributed by atoms with E-state index in [4.69, 9.17) is 9.47 Å². The summed E-state index contributed by atoms with van der Waals surface area (Å²) in [6, 6.07) is 3.31. The van der Waals surface area contributed by atoms with Gasteiger partial charge in [0.25, 0.3) is 0 Å². The molecule has 6 heterocycles. The molecule has 0 aromatic carbocycles. The van der Waals surface area contributed by atoms with Gasteiger partial charge in [0.2, 0.25) is 11.8 Å². The van der Waals surface area contributed by atoms with Crippen LogP contribution in [0, 0.1) is 11.8 Å². The van der Waals surface area contributed by atoms with Crippen molar-refractivity contribution in [3.05, 3.63) is 36.2 Å². The first-order valence-corrected chi connectivity index (χ1v) is 13.6. The van der Waals surface area contributed by atoms with Crippen molar-refractivity contribution in [1.29, 1.82) is 0 Å². The van der Waals surface area contributed by atoms with Crippen molar-refractivity contribution in [2.75, 3.05) is 88.6 Å². The summed E-state index contributed by atoms with van der Waals surface area (Å²) < 4.78 is 10.1. The van der Waals surface area contributed by atoms with E-state index in [9.17, 15) is 29.4 Å². The molecule has 0 radical (unpaired) electrons. The number of ether oxygens (including phenoxy) is 2. The van der Waals surface area contributed by atoms with Crippen LogP contribution in [0.25, 0.3) is 0 Å². The number of hydrogen-bond donors (Lipinski definition) is 0. The molecule has 0 N–H and O–H groups in total. The van der Waals surface area contributed by atoms with E-state index in [2.05, 4.69) is 19.9 Å². The molecule has 4 aliphatic heterocycles. The van der Waals surface area contributed by atoms with Crippen LogP contribution < -0.4 is 57.7 Å². The van der Waals surface area contributed by atoms with E-state index in [1.165, 1.54) is 12.4 Å². The van der Waals surface area contributed by atoms with Crippen molar-refractivity contribution in [3.63, 3.8) is 0 Å². The molecule has 4 aliphatic rings. The minimum atomic E-state index is -1.39. The number of aromatic nitrogens is 4. The fraction of sp³-hybridized carbons (Fsp3) is 0.538. The summed E-state index contributed by atoms with van der Waals surface area (Å²) in [5, 5.41) is 21.5. The van der Waals surface area contributed by atoms with Gasteiger partial charge in [-0.3, -0.25) is 9.59 Å². The molecule has 0 aliphatic carbocycles. The van der Waals surface area contributed by atoms with Gasteiger partial charge in [-0.05, 0) is 12.1 Å². The van der Waals surface area contributed by atoms with Gasteiger partial charge in [0.15, 0.2) is 11.6 Å². The number of carboxylic acid groups (broad SMARTS) is 2. The van der Waals surface area contributed by atoms with Crippen LogP contribution in [-0.2, 0) is 19.1 Å². The van der Waals surface area contributed by atoms with Gasteiger partial charge >= 0.3 is 37.7 Å². The Morgan fingerprint density at radius 1 is 0.614 bits per heavy atom. The number of carboxylic acids is 2. The molecule has 44 heavy (non-hydrogen) atoms. The standard InChI is InChI=1S/2C13H16N4O4.2Li/c2*18-12(9-7-21-8-9)17-5-3-16(4-6-17)10-1-2-14-11(15-10)13(19)20;;/h2*1-2,9H,3-8H2,(H,19,20);;/q;;2*+1/p-2. The molecule has 18 heteroatoms. The van der Waals surface area contributed by atoms with Gasteiger partial charge in [-0.15, -0.1) is 0 Å². The number of amides is 2. The van der Waals surface area contributed by atoms with Crippen molar-refractivity contribution >= 4 is 35.4 Å². The molecule has 2 amide bonds. The van der Waals surface area contributed by atoms with E-state index in [0.29, 0.717) is 90.4 Å². The van der Waals surface area contributed by atoms with E-state index >= 15 is 0 Å². The van der Waals surface area contributed by atoms with Crippen LogP contribution in [0.15, 0.2) is 24.5 Å². The molecule has 0 atom stereocenters. The number of anilines is 2. The van der Waals surface area contributed by atoms with Crippen LogP contribution in [0.1, 0.15) is 21.2 Å². The van der Waals surface area contributed by atoms with E-state index in [1.54, 1.807) is 12.1 Å². The second-order valence-electron chi connectivity index (χ2n) is 10.1. The summed E-state index contributed by atoms with van der Waals surface area (Å²) in [7, 11) is 0. The number of piperazine rings is 2. The number of rotatable bonds is 6. The SMILES string of the molecule is O=C([O-])c1nccc(N2CCN(C(=O)C3COC3)CC2)n1.O=C([O-])c1nccc(N2CCN(C(=O)C3COC3)CC2)n1.[Li+].[Li+]. The molecule has 0 saturated carbocycles. The molecule has 4 saturated heterocycles. The fourth-order valence-corrected chi connectivity index (χ4v) is 4.83. The van der Waals surface area contributed by atoms with Crippen LogP contribution in [0.2, 0.25) is 0 Å². The van der Waals surface area contributed by atoms with Gasteiger partial charge in [-0.1, -0.05) is 0 Å². The molecule has 2 aromatic heterocycles. The van der Waals surface area contributed by atoms with Gasteiger partial charge < -0.3 is 48.9 Å². The van der Waals surface area contributed by atoms with Gasteiger partial charge in [-0.25, -0.2) is 19.9 Å². The van der Waals surface area contributed by atoms with Crippen molar-refractivity contribution in [1.82, 2.24) is 29.7 Å². The molecule has 0 unspecified atom stereocenters. The van der Waals surface area contributed by atoms with Crippen molar-refractivity contribution in [2.45, 2.75) is 0 Å². The molecule has 4 fully saturated rings. The normalized spacial score (nSPS) is 18.4. The molecular formula is C26H30Li2N8O8. The molecule has 16 nitrogen and oxygen atoms in total. The van der Waals surface area contributed by atoms with Gasteiger partial charge in [0.05, 0.1) is 38.3 Å². The number of carbonyl (C=O) groups excluding carboxylic acids is 4. The number of aromatic carboxylic acids is 2. The summed E-state index contributed by atoms with van der Waals surface area (Å²) in [5.74, 6) is -2.06. The van der Waals surface area contributed by atoms with Crippen LogP contribution in [0.4, 0.5) is 11.6 Å². The minimum Gasteiger partial charge on any atom is -0.542 e. The first kappa shape index (κ1) is 35.2. The summed E-state index contributed by atoms with van der Waals surface area (Å²) in [6.45, 7) is 6.90. The zero-order valence-electron chi connectivity index (χ0n) is 24.8. The summed E-state index contributed by atoms with van der Waals surface area (Å²) in [6.07, 6.45) is 2.80. The third-order valence-corrected chi connectivity index (χ3v) is 7.45. The Bertz CT molecular complexity index is 1220. The third kappa shape index (κ3) is 8.47. The minimum absolute atomic E-state index is 0. The molecular weight excluding hydrogens is 566 g/mol. The molecule has 0 spiro atoms. The van der Waals surface area contributed by atoms with Gasteiger partial charge in [0.1, 0.15) is 23.6 Å². The van der Waals surface area contributed by atoms with Crippen molar-refractivity contribution in [3.8, 4) is 0 Å². The Kier molecular flexibility index (Phi) is 13.0. The van der Waals surface area contributed by atoms with E-state index < -0.39 is 11.9 Å². The Labute approximate surface area is 277 Å². The number of nitrogens with zero attached hydrogens (tertiary/aromatic N) is 8. The third-order valence-electron chi connectivity index (χ3n) is 7.45. The summed E-state index contributed by atoms with van der Waals surface area (Å²) in [5.41, 5.74) is 0. The maximum absolute atomic E-state index is 12.1. The topological polar surface area (TPSA) is 197 Å². The van der Waals surface area contributed by atoms with E-state index in [0.717, 1.165) is 0 Å². The Balaban J connectivity index is 0.000000230. The van der Waals surface area contributed by atoms with E-state index in [1.807, 2.05) is 19.6 Å². The van der Waals surface area contributed by atoms with Crippen molar-refractivity contribution in [2.24, 2.45) is 11.8 Å². The second-order valence-corrected chi connectivity index (χ2v) is 10.1. The van der Waals surface area contributed by atoms with Crippen LogP contribution in [0.3, 0.4) is 0 Å². The average Bonchev–Trinajstić information content (AvgIpc) is 2.96. The quantitative estimate of drug-likeness (QED) is 0.285. The largest absolute Gasteiger partial charge is 1.00 e. The Morgan fingerprint density at radius 2 is 0.955 bits per heavy atom. The van der Waals surface area contributed by atoms with Crippen LogP contribution >= 0.6 is 0 Å². The molecule has 224 valence electrons. The summed E-state index contributed by atoms with van der Waals surface area (Å²) in [4.78, 5) is 68.4. The second kappa shape index (κ2) is 16.2. The van der Waals surface area contributed by atoms with Crippen LogP contribution in [-0.4, -0.2) is 132 Å². The fourth-order valence-electron chi connectivity index (χ4n) is 4.83. The maximum Gasteiger partial charge on any atom is 1.00 e. The average molecular weight is 596 g/mol. The Hall–Kier alpha value is -3.25.